The second-order valence-electron chi connectivity index (χ2n) is 25.4. The SMILES string of the molecule is Cc1c2oc3c(C)ccc(C(=O)NC4C(=O)NC(C(C)C)C(=O)N5C(C)CC(O)C5C(=O)N(C)CC(=O)N(C)C(C(C)C)C(=O)OC4C)c3nc-2c2c(c1=O)NC(C1NC(=O)C(C)N(C)C(=O)CN(C)C(=O)C3CC(=O)CN3C(=O)C(C(C)C)NC1=O)COC2=O. The average molecular weight is 1270 g/mol. The van der Waals surface area contributed by atoms with Gasteiger partial charge in [0.05, 0.1) is 37.3 Å². The topological polar surface area (TPSA) is 383 Å². The van der Waals surface area contributed by atoms with Crippen molar-refractivity contribution in [2.45, 2.75) is 162 Å². The summed E-state index contributed by atoms with van der Waals surface area (Å²) in [6.07, 6.45) is -3.28. The molecular weight excluding hydrogens is 1190 g/mol. The minimum atomic E-state index is -1.83. The third-order valence-corrected chi connectivity index (χ3v) is 17.8. The van der Waals surface area contributed by atoms with Gasteiger partial charge in [0.15, 0.2) is 17.1 Å². The van der Waals surface area contributed by atoms with Crippen LogP contribution in [0.4, 0.5) is 5.69 Å². The quantitative estimate of drug-likeness (QED) is 0.120. The molecule has 12 unspecified atom stereocenters. The first-order valence-corrected chi connectivity index (χ1v) is 30.2. The van der Waals surface area contributed by atoms with E-state index in [0.29, 0.717) is 5.56 Å². The Bertz CT molecular complexity index is 3570. The highest BCUT2D eigenvalue weighted by Crippen LogP contribution is 2.37. The second-order valence-corrected chi connectivity index (χ2v) is 25.4. The number of esters is 2. The van der Waals surface area contributed by atoms with Crippen LogP contribution in [0.2, 0.25) is 0 Å². The highest BCUT2D eigenvalue weighted by Gasteiger charge is 2.51. The third-order valence-electron chi connectivity index (χ3n) is 17.8. The van der Waals surface area contributed by atoms with Crippen molar-refractivity contribution in [3.8, 4) is 11.5 Å². The Morgan fingerprint density at radius 3 is 1.95 bits per heavy atom. The highest BCUT2D eigenvalue weighted by atomic mass is 16.5. The molecule has 0 saturated carbocycles. The van der Waals surface area contributed by atoms with E-state index in [2.05, 4.69) is 26.6 Å². The number of Topliss-reactive ketones (excluding diaryl/α,β-unsaturated/α-hetero) is 1. The van der Waals surface area contributed by atoms with E-state index in [0.717, 1.165) is 24.5 Å². The first-order valence-electron chi connectivity index (χ1n) is 30.2. The molecule has 4 fully saturated rings. The summed E-state index contributed by atoms with van der Waals surface area (Å²) in [5.74, 6) is -13.4. The van der Waals surface area contributed by atoms with Crippen molar-refractivity contribution >= 4 is 93.6 Å². The molecule has 30 heteroatoms. The van der Waals surface area contributed by atoms with E-state index in [1.807, 2.05) is 0 Å². The molecule has 492 valence electrons. The van der Waals surface area contributed by atoms with Gasteiger partial charge in [0, 0.05) is 46.2 Å². The monoisotopic (exact) mass is 1270 g/mol. The number of likely N-dealkylation sites (N-methyl/N-ethyl adjacent to an activating group) is 4. The van der Waals surface area contributed by atoms with Crippen molar-refractivity contribution in [3.63, 3.8) is 0 Å². The van der Waals surface area contributed by atoms with Crippen LogP contribution in [-0.2, 0) is 62.2 Å². The maximum Gasteiger partial charge on any atom is 0.342 e. The number of aryl methyl sites for hydroxylation is 1. The summed E-state index contributed by atoms with van der Waals surface area (Å²) in [5, 5.41) is 24.8. The van der Waals surface area contributed by atoms with E-state index in [1.165, 1.54) is 66.0 Å². The number of nitrogens with one attached hydrogen (secondary N) is 5. The number of amides is 10. The number of anilines is 1. The van der Waals surface area contributed by atoms with Gasteiger partial charge in [-0.3, -0.25) is 57.5 Å². The minimum Gasteiger partial charge on any atom is -0.460 e. The maximum atomic E-state index is 15.1. The molecule has 6 aliphatic heterocycles. The predicted molar refractivity (Wildman–Crippen MR) is 321 cm³/mol. The molecule has 8 rings (SSSR count). The lowest BCUT2D eigenvalue weighted by Crippen LogP contribution is -2.63. The van der Waals surface area contributed by atoms with Crippen molar-refractivity contribution in [1.82, 2.24) is 55.7 Å². The van der Waals surface area contributed by atoms with Gasteiger partial charge in [-0.1, -0.05) is 47.6 Å². The molecule has 0 bridgehead atoms. The molecule has 6 heterocycles. The van der Waals surface area contributed by atoms with E-state index in [-0.39, 0.29) is 46.5 Å². The number of cyclic esters (lactones) is 2. The van der Waals surface area contributed by atoms with Gasteiger partial charge in [-0.2, -0.15) is 0 Å². The number of rotatable bonds is 6. The Labute approximate surface area is 524 Å². The van der Waals surface area contributed by atoms with Crippen molar-refractivity contribution in [3.05, 3.63) is 44.6 Å². The van der Waals surface area contributed by atoms with Crippen LogP contribution in [0.5, 0.6) is 0 Å². The Morgan fingerprint density at radius 1 is 0.714 bits per heavy atom. The highest BCUT2D eigenvalue weighted by molar-refractivity contribution is 6.10. The van der Waals surface area contributed by atoms with Crippen LogP contribution in [0, 0.1) is 31.6 Å². The molecule has 0 aromatic heterocycles. The van der Waals surface area contributed by atoms with Crippen molar-refractivity contribution < 1.29 is 81.3 Å². The molecule has 10 amide bonds. The van der Waals surface area contributed by atoms with Gasteiger partial charge in [0.1, 0.15) is 83.5 Å². The van der Waals surface area contributed by atoms with Crippen LogP contribution in [0.25, 0.3) is 22.6 Å². The second kappa shape index (κ2) is 26.4. The summed E-state index contributed by atoms with van der Waals surface area (Å²) in [6, 6.07) is -11.3. The number of hydrogen-bond acceptors (Lipinski definition) is 20. The first kappa shape index (κ1) is 67.8. The van der Waals surface area contributed by atoms with Gasteiger partial charge in [-0.15, -0.1) is 0 Å². The van der Waals surface area contributed by atoms with Crippen LogP contribution in [-0.4, -0.2) is 243 Å². The number of benzene rings is 2. The maximum absolute atomic E-state index is 15.1. The van der Waals surface area contributed by atoms with Gasteiger partial charge < -0.3 is 75.0 Å². The lowest BCUT2D eigenvalue weighted by Gasteiger charge is -2.37. The van der Waals surface area contributed by atoms with Gasteiger partial charge in [-0.25, -0.2) is 14.6 Å². The van der Waals surface area contributed by atoms with Crippen LogP contribution < -0.4 is 32.0 Å². The smallest absolute Gasteiger partial charge is 0.342 e. The van der Waals surface area contributed by atoms with Gasteiger partial charge >= 0.3 is 11.9 Å². The van der Waals surface area contributed by atoms with Crippen LogP contribution in [0.15, 0.2) is 21.3 Å². The Hall–Kier alpha value is -9.09. The summed E-state index contributed by atoms with van der Waals surface area (Å²) < 4.78 is 18.1. The van der Waals surface area contributed by atoms with Gasteiger partial charge in [0.2, 0.25) is 58.6 Å². The van der Waals surface area contributed by atoms with E-state index in [4.69, 9.17) is 18.9 Å². The van der Waals surface area contributed by atoms with Crippen molar-refractivity contribution in [2.75, 3.05) is 59.7 Å². The number of nitrogens with zero attached hydrogens (tertiary/aromatic N) is 7. The molecule has 91 heavy (non-hydrogen) atoms. The molecule has 0 spiro atoms. The number of fused-ring (bicyclic) bond motifs is 6. The zero-order valence-electron chi connectivity index (χ0n) is 53.6. The zero-order valence-corrected chi connectivity index (χ0v) is 53.6. The Morgan fingerprint density at radius 2 is 1.32 bits per heavy atom. The molecule has 4 saturated heterocycles. The van der Waals surface area contributed by atoms with E-state index >= 15 is 4.79 Å². The van der Waals surface area contributed by atoms with Crippen molar-refractivity contribution in [1.29, 1.82) is 0 Å². The Balaban J connectivity index is 1.20. The number of ketones is 1. The lowest BCUT2D eigenvalue weighted by atomic mass is 9.98. The summed E-state index contributed by atoms with van der Waals surface area (Å²) in [6.45, 7) is 14.6. The number of carbonyl (C=O) groups is 13. The van der Waals surface area contributed by atoms with Gasteiger partial charge in [0.25, 0.3) is 5.91 Å². The first-order chi connectivity index (χ1) is 42.6. The molecular formula is C61H80N12O18. The molecule has 1 aliphatic carbocycles. The standard InChI is InChI=1S/C61H80N12O18/c1-24(2)40-57(84)72-20-32(74)19-35(72)56(83)68(12)21-37(76)70(14)30(10)52(79)67-44(55(82)64-40)34-23-89-60(87)39-45(62-34)49(78)29(9)51-46(39)63-43-33(17-16-27(7)50(43)91-51)53(80)66-42-31(11)90-61(88)47(26(5)6)71(15)38(77)22-69(13)59(86)48-36(75)18-28(8)73(48)58(85)41(25(3)4)65-54(42)81/h16-17,24-26,28,30-31,34-36,40-42,44,47-48,62,75H,18-23H2,1-15H3,(H,64,82)(H,65,81)(H,66,80)(H,67,79). The number of aromatic nitrogens is 1. The van der Waals surface area contributed by atoms with Crippen LogP contribution in [0.3, 0.4) is 0 Å². The molecule has 7 aliphatic rings. The molecule has 0 radical (unpaired) electrons. The fraction of sp³-hybridized carbons (Fsp3) is 0.590. The number of carbonyl (C=O) groups excluding carboxylic acids is 13. The third kappa shape index (κ3) is 13.0. The fourth-order valence-corrected chi connectivity index (χ4v) is 12.3. The fourth-order valence-electron chi connectivity index (χ4n) is 12.3. The van der Waals surface area contributed by atoms with Crippen molar-refractivity contribution in [2.24, 2.45) is 17.8 Å². The van der Waals surface area contributed by atoms with Crippen LogP contribution in [0.1, 0.15) is 107 Å². The summed E-state index contributed by atoms with van der Waals surface area (Å²) in [5.41, 5.74) is -2.61. The zero-order chi connectivity index (χ0) is 67.4. The number of hydrogen-bond donors (Lipinski definition) is 6. The van der Waals surface area contributed by atoms with E-state index in [9.17, 15) is 67.4 Å². The lowest BCUT2D eigenvalue weighted by molar-refractivity contribution is -0.163. The largest absolute Gasteiger partial charge is 0.460 e. The number of ether oxygens (including phenoxy) is 2. The summed E-state index contributed by atoms with van der Waals surface area (Å²) in [4.78, 5) is 211. The number of aliphatic hydroxyl groups is 1. The summed E-state index contributed by atoms with van der Waals surface area (Å²) in [7, 11) is 5.26. The van der Waals surface area contributed by atoms with E-state index < -0.39 is 210 Å². The summed E-state index contributed by atoms with van der Waals surface area (Å²) >= 11 is 0. The average Bonchev–Trinajstić information content (AvgIpc) is 1.20. The molecule has 12 atom stereocenters. The molecule has 6 N–H and O–H groups in total. The van der Waals surface area contributed by atoms with Gasteiger partial charge in [-0.05, 0) is 70.4 Å². The van der Waals surface area contributed by atoms with E-state index in [1.54, 1.807) is 55.4 Å². The Kier molecular flexibility index (Phi) is 19.7. The number of aliphatic hydroxyl groups excluding tert-OH is 1. The molecule has 30 nitrogen and oxygen atoms in total. The minimum absolute atomic E-state index is 0.0186. The molecule has 1 aromatic carbocycles. The van der Waals surface area contributed by atoms with Crippen LogP contribution >= 0.6 is 0 Å². The normalized spacial score (nSPS) is 28.3. The predicted octanol–water partition coefficient (Wildman–Crippen LogP) is -1.55. The molecule has 1 aromatic rings.